The van der Waals surface area contributed by atoms with Crippen molar-refractivity contribution >= 4 is 5.91 Å². The summed E-state index contributed by atoms with van der Waals surface area (Å²) in [5, 5.41) is 3.04. The van der Waals surface area contributed by atoms with Gasteiger partial charge >= 0.3 is 0 Å². The predicted octanol–water partition coefficient (Wildman–Crippen LogP) is 2.33. The fraction of sp³-hybridized carbons (Fsp3) is 0.611. The second-order valence-corrected chi connectivity index (χ2v) is 6.56. The van der Waals surface area contributed by atoms with E-state index in [4.69, 9.17) is 4.74 Å². The molecule has 2 fully saturated rings. The van der Waals surface area contributed by atoms with Gasteiger partial charge in [0.05, 0.1) is 6.10 Å². The molecular formula is C18H25FN2O2. The Morgan fingerprint density at radius 3 is 2.61 bits per heavy atom. The maximum absolute atomic E-state index is 12.9. The highest BCUT2D eigenvalue weighted by Crippen LogP contribution is 2.20. The maximum atomic E-state index is 12.9. The minimum Gasteiger partial charge on any atom is -0.376 e. The summed E-state index contributed by atoms with van der Waals surface area (Å²) in [6, 6.07) is 6.66. The first-order valence-electron chi connectivity index (χ1n) is 8.57. The van der Waals surface area contributed by atoms with Gasteiger partial charge in [-0.15, -0.1) is 0 Å². The first kappa shape index (κ1) is 16.4. The number of amides is 1. The molecule has 1 amide bonds. The maximum Gasteiger partial charge on any atom is 0.223 e. The number of hydrogen-bond donors (Lipinski definition) is 1. The summed E-state index contributed by atoms with van der Waals surface area (Å²) in [6.45, 7) is 4.12. The van der Waals surface area contributed by atoms with Crippen LogP contribution in [0.4, 0.5) is 4.39 Å². The van der Waals surface area contributed by atoms with Crippen molar-refractivity contribution in [3.05, 3.63) is 35.6 Å². The molecule has 2 saturated heterocycles. The number of piperidine rings is 1. The van der Waals surface area contributed by atoms with Crippen LogP contribution in [-0.2, 0) is 16.1 Å². The summed E-state index contributed by atoms with van der Waals surface area (Å²) in [4.78, 5) is 14.6. The van der Waals surface area contributed by atoms with Crippen LogP contribution in [0.5, 0.6) is 0 Å². The van der Waals surface area contributed by atoms with Crippen LogP contribution in [0, 0.1) is 11.7 Å². The molecule has 126 valence electrons. The Bertz CT molecular complexity index is 506. The molecule has 1 aromatic carbocycles. The number of carbonyl (C=O) groups is 1. The Labute approximate surface area is 137 Å². The van der Waals surface area contributed by atoms with Gasteiger partial charge in [0, 0.05) is 25.6 Å². The van der Waals surface area contributed by atoms with Crippen LogP contribution in [0.2, 0.25) is 0 Å². The Hall–Kier alpha value is -1.46. The standard InChI is InChI=1S/C18H25FN2O2/c19-16-5-3-14(4-6-16)13-21-9-7-15(8-10-21)18(22)20-12-17-2-1-11-23-17/h3-6,15,17H,1-2,7-13H2,(H,20,22)/t17-/m1/s1. The zero-order chi connectivity index (χ0) is 16.1. The van der Waals surface area contributed by atoms with Gasteiger partial charge in [-0.25, -0.2) is 4.39 Å². The summed E-state index contributed by atoms with van der Waals surface area (Å²) in [5.41, 5.74) is 1.12. The van der Waals surface area contributed by atoms with E-state index in [0.717, 1.165) is 57.5 Å². The Morgan fingerprint density at radius 1 is 1.22 bits per heavy atom. The van der Waals surface area contributed by atoms with Crippen LogP contribution < -0.4 is 5.32 Å². The van der Waals surface area contributed by atoms with Crippen LogP contribution in [0.3, 0.4) is 0 Å². The number of carbonyl (C=O) groups excluding carboxylic acids is 1. The second-order valence-electron chi connectivity index (χ2n) is 6.56. The normalized spacial score (nSPS) is 23.1. The molecule has 0 aliphatic carbocycles. The SMILES string of the molecule is O=C(NC[C@H]1CCCO1)C1CCN(Cc2ccc(F)cc2)CC1. The molecule has 0 spiro atoms. The molecule has 5 heteroatoms. The number of nitrogens with zero attached hydrogens (tertiary/aromatic N) is 1. The van der Waals surface area contributed by atoms with Crippen molar-refractivity contribution in [1.29, 1.82) is 0 Å². The zero-order valence-corrected chi connectivity index (χ0v) is 13.5. The van der Waals surface area contributed by atoms with Crippen molar-refractivity contribution in [2.24, 2.45) is 5.92 Å². The van der Waals surface area contributed by atoms with Crippen molar-refractivity contribution in [3.63, 3.8) is 0 Å². The summed E-state index contributed by atoms with van der Waals surface area (Å²) in [6.07, 6.45) is 4.13. The lowest BCUT2D eigenvalue weighted by Crippen LogP contribution is -2.42. The Kier molecular flexibility index (Phi) is 5.62. The van der Waals surface area contributed by atoms with E-state index in [0.29, 0.717) is 6.54 Å². The molecule has 0 radical (unpaired) electrons. The fourth-order valence-corrected chi connectivity index (χ4v) is 3.37. The van der Waals surface area contributed by atoms with E-state index in [2.05, 4.69) is 10.2 Å². The lowest BCUT2D eigenvalue weighted by atomic mass is 9.95. The summed E-state index contributed by atoms with van der Waals surface area (Å²) in [5.74, 6) is 0.0816. The molecule has 23 heavy (non-hydrogen) atoms. The van der Waals surface area contributed by atoms with Crippen LogP contribution in [-0.4, -0.2) is 43.2 Å². The fourth-order valence-electron chi connectivity index (χ4n) is 3.37. The van der Waals surface area contributed by atoms with Gasteiger partial charge in [0.25, 0.3) is 0 Å². The lowest BCUT2D eigenvalue weighted by molar-refractivity contribution is -0.127. The van der Waals surface area contributed by atoms with E-state index in [1.165, 1.54) is 12.1 Å². The average Bonchev–Trinajstić information content (AvgIpc) is 3.09. The molecule has 2 heterocycles. The largest absolute Gasteiger partial charge is 0.376 e. The molecule has 0 aromatic heterocycles. The number of likely N-dealkylation sites (tertiary alicyclic amines) is 1. The second kappa shape index (κ2) is 7.88. The van der Waals surface area contributed by atoms with Crippen LogP contribution >= 0.6 is 0 Å². The molecule has 2 aliphatic rings. The minimum atomic E-state index is -0.199. The molecule has 4 nitrogen and oxygen atoms in total. The first-order chi connectivity index (χ1) is 11.2. The number of hydrogen-bond acceptors (Lipinski definition) is 3. The highest BCUT2D eigenvalue weighted by atomic mass is 19.1. The molecule has 2 aliphatic heterocycles. The molecule has 0 bridgehead atoms. The molecule has 1 aromatic rings. The van der Waals surface area contributed by atoms with Crippen molar-refractivity contribution in [2.45, 2.75) is 38.3 Å². The number of nitrogens with one attached hydrogen (secondary N) is 1. The molecule has 0 saturated carbocycles. The monoisotopic (exact) mass is 320 g/mol. The summed E-state index contributed by atoms with van der Waals surface area (Å²) >= 11 is 0. The molecule has 1 atom stereocenters. The van der Waals surface area contributed by atoms with Crippen molar-refractivity contribution in [2.75, 3.05) is 26.2 Å². The topological polar surface area (TPSA) is 41.6 Å². The van der Waals surface area contributed by atoms with Gasteiger partial charge in [-0.1, -0.05) is 12.1 Å². The van der Waals surface area contributed by atoms with Gasteiger partial charge < -0.3 is 10.1 Å². The smallest absolute Gasteiger partial charge is 0.223 e. The van der Waals surface area contributed by atoms with E-state index in [1.54, 1.807) is 0 Å². The van der Waals surface area contributed by atoms with Crippen LogP contribution in [0.1, 0.15) is 31.2 Å². The van der Waals surface area contributed by atoms with Crippen molar-refractivity contribution in [3.8, 4) is 0 Å². The number of benzene rings is 1. The van der Waals surface area contributed by atoms with E-state index in [-0.39, 0.29) is 23.7 Å². The van der Waals surface area contributed by atoms with Gasteiger partial charge in [0.2, 0.25) is 5.91 Å². The molecular weight excluding hydrogens is 295 g/mol. The third-order valence-electron chi connectivity index (χ3n) is 4.81. The van der Waals surface area contributed by atoms with Gasteiger partial charge in [0.15, 0.2) is 0 Å². The molecule has 1 N–H and O–H groups in total. The Morgan fingerprint density at radius 2 is 1.96 bits per heavy atom. The third kappa shape index (κ3) is 4.75. The summed E-state index contributed by atoms with van der Waals surface area (Å²) < 4.78 is 18.5. The Balaban J connectivity index is 1.39. The van der Waals surface area contributed by atoms with E-state index in [9.17, 15) is 9.18 Å². The number of ether oxygens (including phenoxy) is 1. The van der Waals surface area contributed by atoms with Gasteiger partial charge in [-0.05, 0) is 56.5 Å². The quantitative estimate of drug-likeness (QED) is 0.905. The zero-order valence-electron chi connectivity index (χ0n) is 13.5. The van der Waals surface area contributed by atoms with Crippen LogP contribution in [0.25, 0.3) is 0 Å². The predicted molar refractivity (Wildman–Crippen MR) is 86.4 cm³/mol. The minimum absolute atomic E-state index is 0.112. The number of halogens is 1. The van der Waals surface area contributed by atoms with Crippen molar-refractivity contribution in [1.82, 2.24) is 10.2 Å². The molecule has 0 unspecified atom stereocenters. The third-order valence-corrected chi connectivity index (χ3v) is 4.81. The lowest BCUT2D eigenvalue weighted by Gasteiger charge is -2.31. The van der Waals surface area contributed by atoms with Gasteiger partial charge in [0.1, 0.15) is 5.82 Å². The van der Waals surface area contributed by atoms with Gasteiger partial charge in [-0.2, -0.15) is 0 Å². The highest BCUT2D eigenvalue weighted by molar-refractivity contribution is 5.78. The van der Waals surface area contributed by atoms with Gasteiger partial charge in [-0.3, -0.25) is 9.69 Å². The number of rotatable bonds is 5. The molecule has 3 rings (SSSR count). The van der Waals surface area contributed by atoms with Crippen molar-refractivity contribution < 1.29 is 13.9 Å². The average molecular weight is 320 g/mol. The summed E-state index contributed by atoms with van der Waals surface area (Å²) in [7, 11) is 0. The van der Waals surface area contributed by atoms with Crippen LogP contribution in [0.15, 0.2) is 24.3 Å². The highest BCUT2D eigenvalue weighted by Gasteiger charge is 2.26. The van der Waals surface area contributed by atoms with E-state index >= 15 is 0 Å². The van der Waals surface area contributed by atoms with E-state index in [1.807, 2.05) is 12.1 Å². The van der Waals surface area contributed by atoms with E-state index < -0.39 is 0 Å². The first-order valence-corrected chi connectivity index (χ1v) is 8.57.